The fourth-order valence-corrected chi connectivity index (χ4v) is 3.48. The molecule has 25 heavy (non-hydrogen) atoms. The van der Waals surface area contributed by atoms with Crippen molar-refractivity contribution in [3.8, 4) is 11.5 Å². The average molecular weight is 363 g/mol. The molecule has 0 aliphatic heterocycles. The highest BCUT2D eigenvalue weighted by Crippen LogP contribution is 2.37. The molecule has 0 saturated carbocycles. The summed E-state index contributed by atoms with van der Waals surface area (Å²) in [6.45, 7) is 4.08. The van der Waals surface area contributed by atoms with Crippen LogP contribution in [0, 0.1) is 6.92 Å². The van der Waals surface area contributed by atoms with Gasteiger partial charge in [0.15, 0.2) is 11.5 Å². The van der Waals surface area contributed by atoms with Crippen LogP contribution in [-0.2, 0) is 6.42 Å². The maximum Gasteiger partial charge on any atom is 0.335 e. The fourth-order valence-electron chi connectivity index (χ4n) is 2.51. The number of aryl methyl sites for hydroxylation is 2. The van der Waals surface area contributed by atoms with E-state index < -0.39 is 5.97 Å². The van der Waals surface area contributed by atoms with Crippen molar-refractivity contribution in [2.24, 2.45) is 0 Å². The Labute approximate surface area is 150 Å². The van der Waals surface area contributed by atoms with Gasteiger partial charge in [0.2, 0.25) is 0 Å². The Morgan fingerprint density at radius 3 is 2.48 bits per heavy atom. The van der Waals surface area contributed by atoms with Crippen LogP contribution in [0.2, 0.25) is 0 Å². The predicted octanol–water partition coefficient (Wildman–Crippen LogP) is 3.98. The van der Waals surface area contributed by atoms with E-state index in [1.807, 2.05) is 13.0 Å². The second-order valence-electron chi connectivity index (χ2n) is 5.46. The molecule has 0 spiro atoms. The minimum atomic E-state index is -1.12. The van der Waals surface area contributed by atoms with Gasteiger partial charge in [-0.1, -0.05) is 13.3 Å². The zero-order valence-corrected chi connectivity index (χ0v) is 15.5. The molecular formula is C18H21NO5S. The first-order chi connectivity index (χ1) is 11.9. The number of carbonyl (C=O) groups excluding carboxylic acids is 1. The molecule has 0 unspecified atom stereocenters. The highest BCUT2D eigenvalue weighted by Gasteiger charge is 2.19. The van der Waals surface area contributed by atoms with Crippen molar-refractivity contribution in [1.29, 1.82) is 0 Å². The maximum absolute atomic E-state index is 12.6. The Balaban J connectivity index is 2.38. The van der Waals surface area contributed by atoms with Crippen LogP contribution in [0.1, 0.15) is 43.8 Å². The number of carboxylic acid groups (broad SMARTS) is 1. The first kappa shape index (κ1) is 18.8. The Kier molecular flexibility index (Phi) is 6.03. The largest absolute Gasteiger partial charge is 0.493 e. The number of benzene rings is 1. The first-order valence-corrected chi connectivity index (χ1v) is 8.62. The van der Waals surface area contributed by atoms with Crippen LogP contribution in [-0.4, -0.2) is 31.2 Å². The van der Waals surface area contributed by atoms with E-state index >= 15 is 0 Å². The van der Waals surface area contributed by atoms with Crippen molar-refractivity contribution in [2.75, 3.05) is 19.5 Å². The molecule has 0 aliphatic rings. The molecule has 1 aromatic heterocycles. The van der Waals surface area contributed by atoms with Gasteiger partial charge in [0.1, 0.15) is 0 Å². The van der Waals surface area contributed by atoms with Crippen LogP contribution < -0.4 is 14.8 Å². The maximum atomic E-state index is 12.6. The van der Waals surface area contributed by atoms with E-state index in [2.05, 4.69) is 12.2 Å². The van der Waals surface area contributed by atoms with Crippen molar-refractivity contribution in [2.45, 2.75) is 26.7 Å². The summed E-state index contributed by atoms with van der Waals surface area (Å²) in [5, 5.41) is 12.0. The number of carboxylic acids is 1. The molecule has 1 amide bonds. The van der Waals surface area contributed by atoms with E-state index in [-0.39, 0.29) is 28.7 Å². The number of hydrogen-bond acceptors (Lipinski definition) is 5. The van der Waals surface area contributed by atoms with Gasteiger partial charge in [-0.25, -0.2) is 4.79 Å². The van der Waals surface area contributed by atoms with Crippen molar-refractivity contribution in [1.82, 2.24) is 0 Å². The zero-order chi connectivity index (χ0) is 18.6. The Morgan fingerprint density at radius 1 is 1.20 bits per heavy atom. The van der Waals surface area contributed by atoms with Gasteiger partial charge in [-0.15, -0.1) is 11.3 Å². The summed E-state index contributed by atoms with van der Waals surface area (Å²) in [4.78, 5) is 25.6. The number of carbonyl (C=O) groups is 2. The van der Waals surface area contributed by atoms with Gasteiger partial charge in [-0.2, -0.15) is 0 Å². The highest BCUT2D eigenvalue weighted by atomic mass is 32.1. The molecule has 134 valence electrons. The normalized spacial score (nSPS) is 10.4. The number of thiophene rings is 1. The van der Waals surface area contributed by atoms with Crippen LogP contribution in [0.3, 0.4) is 0 Å². The quantitative estimate of drug-likeness (QED) is 0.777. The standard InChI is InChI=1S/C18H21NO5S/c1-5-6-11-9-15(25-10(11)2)17(20)19-13-7-12(18(21)22)8-14(23-3)16(13)24-4/h7-9H,5-6H2,1-4H3,(H,19,20)(H,21,22). The topological polar surface area (TPSA) is 84.9 Å². The lowest BCUT2D eigenvalue weighted by Crippen LogP contribution is -2.12. The van der Waals surface area contributed by atoms with Crippen molar-refractivity contribution >= 4 is 28.9 Å². The molecule has 2 rings (SSSR count). The van der Waals surface area contributed by atoms with E-state index in [1.165, 1.54) is 37.7 Å². The van der Waals surface area contributed by atoms with E-state index in [0.29, 0.717) is 4.88 Å². The second kappa shape index (κ2) is 8.02. The van der Waals surface area contributed by atoms with Gasteiger partial charge >= 0.3 is 5.97 Å². The molecule has 0 saturated heterocycles. The monoisotopic (exact) mass is 363 g/mol. The molecule has 0 aliphatic carbocycles. The number of hydrogen-bond donors (Lipinski definition) is 2. The summed E-state index contributed by atoms with van der Waals surface area (Å²) >= 11 is 1.42. The molecule has 1 aromatic carbocycles. The lowest BCUT2D eigenvalue weighted by atomic mass is 10.1. The summed E-state index contributed by atoms with van der Waals surface area (Å²) in [5.41, 5.74) is 1.41. The van der Waals surface area contributed by atoms with Gasteiger partial charge in [-0.3, -0.25) is 4.79 Å². The van der Waals surface area contributed by atoms with Crippen LogP contribution in [0.25, 0.3) is 0 Å². The van der Waals surface area contributed by atoms with E-state index in [1.54, 1.807) is 0 Å². The van der Waals surface area contributed by atoms with Crippen LogP contribution >= 0.6 is 11.3 Å². The van der Waals surface area contributed by atoms with Crippen molar-refractivity contribution in [3.63, 3.8) is 0 Å². The third kappa shape index (κ3) is 4.11. The van der Waals surface area contributed by atoms with Crippen LogP contribution in [0.15, 0.2) is 18.2 Å². The summed E-state index contributed by atoms with van der Waals surface area (Å²) < 4.78 is 10.5. The van der Waals surface area contributed by atoms with Gasteiger partial charge in [0.25, 0.3) is 5.91 Å². The van der Waals surface area contributed by atoms with Gasteiger partial charge in [-0.05, 0) is 37.1 Å². The predicted molar refractivity (Wildman–Crippen MR) is 97.5 cm³/mol. The Bertz CT molecular complexity index is 797. The van der Waals surface area contributed by atoms with E-state index in [9.17, 15) is 14.7 Å². The summed E-state index contributed by atoms with van der Waals surface area (Å²) in [6, 6.07) is 4.59. The number of amides is 1. The molecule has 1 heterocycles. The van der Waals surface area contributed by atoms with Gasteiger partial charge in [0.05, 0.1) is 30.3 Å². The molecule has 0 bridgehead atoms. The van der Waals surface area contributed by atoms with E-state index in [0.717, 1.165) is 23.3 Å². The first-order valence-electron chi connectivity index (χ1n) is 7.81. The zero-order valence-electron chi connectivity index (χ0n) is 14.6. The minimum Gasteiger partial charge on any atom is -0.493 e. The molecule has 6 nitrogen and oxygen atoms in total. The van der Waals surface area contributed by atoms with Crippen molar-refractivity contribution in [3.05, 3.63) is 39.1 Å². The molecule has 0 fully saturated rings. The number of aromatic carboxylic acids is 1. The molecule has 2 aromatic rings. The van der Waals surface area contributed by atoms with Crippen molar-refractivity contribution < 1.29 is 24.2 Å². The fraction of sp³-hybridized carbons (Fsp3) is 0.333. The number of ether oxygens (including phenoxy) is 2. The van der Waals surface area contributed by atoms with Crippen LogP contribution in [0.5, 0.6) is 11.5 Å². The van der Waals surface area contributed by atoms with Gasteiger partial charge in [0, 0.05) is 4.88 Å². The lowest BCUT2D eigenvalue weighted by molar-refractivity contribution is 0.0696. The summed E-state index contributed by atoms with van der Waals surface area (Å²) in [6.07, 6.45) is 1.92. The third-order valence-corrected chi connectivity index (χ3v) is 4.83. The van der Waals surface area contributed by atoms with Crippen LogP contribution in [0.4, 0.5) is 5.69 Å². The highest BCUT2D eigenvalue weighted by molar-refractivity contribution is 7.14. The molecule has 0 radical (unpaired) electrons. The summed E-state index contributed by atoms with van der Waals surface area (Å²) in [5.74, 6) is -0.901. The van der Waals surface area contributed by atoms with E-state index in [4.69, 9.17) is 9.47 Å². The number of nitrogens with one attached hydrogen (secondary N) is 1. The van der Waals surface area contributed by atoms with Gasteiger partial charge < -0.3 is 19.9 Å². The average Bonchev–Trinajstić information content (AvgIpc) is 2.95. The molecule has 2 N–H and O–H groups in total. The number of anilines is 1. The molecule has 0 atom stereocenters. The lowest BCUT2D eigenvalue weighted by Gasteiger charge is -2.14. The third-order valence-electron chi connectivity index (χ3n) is 3.74. The number of rotatable bonds is 7. The Hall–Kier alpha value is -2.54. The Morgan fingerprint density at radius 2 is 1.92 bits per heavy atom. The molecule has 7 heteroatoms. The molecular weight excluding hydrogens is 342 g/mol. The SMILES string of the molecule is CCCc1cc(C(=O)Nc2cc(C(=O)O)cc(OC)c2OC)sc1C. The smallest absolute Gasteiger partial charge is 0.335 e. The minimum absolute atomic E-state index is 0.00184. The second-order valence-corrected chi connectivity index (χ2v) is 6.72. The summed E-state index contributed by atoms with van der Waals surface area (Å²) in [7, 11) is 2.84. The number of methoxy groups -OCH3 is 2.